The first-order valence-corrected chi connectivity index (χ1v) is 15.0. The molecular formula is C27H37N5O4S. The van der Waals surface area contributed by atoms with E-state index in [1.54, 1.807) is 24.3 Å². The third-order valence-electron chi connectivity index (χ3n) is 8.16. The van der Waals surface area contributed by atoms with Crippen LogP contribution in [0.5, 0.6) is 0 Å². The van der Waals surface area contributed by atoms with Gasteiger partial charge in [0, 0.05) is 49.6 Å². The molecular weight excluding hydrogens is 490 g/mol. The van der Waals surface area contributed by atoms with Crippen LogP contribution in [0.15, 0.2) is 35.5 Å². The Labute approximate surface area is 219 Å². The Kier molecular flexibility index (Phi) is 6.79. The predicted octanol–water partition coefficient (Wildman–Crippen LogP) is 2.38. The number of hydrogen-bond acceptors (Lipinski definition) is 8. The van der Waals surface area contributed by atoms with E-state index >= 15 is 0 Å². The zero-order chi connectivity index (χ0) is 26.5. The van der Waals surface area contributed by atoms with Gasteiger partial charge in [-0.25, -0.2) is 18.4 Å². The monoisotopic (exact) mass is 527 g/mol. The molecule has 10 heteroatoms. The summed E-state index contributed by atoms with van der Waals surface area (Å²) in [5.74, 6) is 0.740. The number of amides is 1. The highest BCUT2D eigenvalue weighted by molar-refractivity contribution is 7.90. The lowest BCUT2D eigenvalue weighted by Gasteiger charge is -2.39. The molecule has 4 atom stereocenters. The van der Waals surface area contributed by atoms with Gasteiger partial charge in [0.05, 0.1) is 22.6 Å². The zero-order valence-electron chi connectivity index (χ0n) is 22.0. The van der Waals surface area contributed by atoms with Crippen molar-refractivity contribution in [3.05, 3.63) is 47.4 Å². The highest BCUT2D eigenvalue weighted by atomic mass is 32.2. The Morgan fingerprint density at radius 3 is 2.41 bits per heavy atom. The number of aromatic nitrogens is 2. The minimum absolute atomic E-state index is 0.0166. The van der Waals surface area contributed by atoms with Crippen molar-refractivity contribution in [1.82, 2.24) is 20.2 Å². The van der Waals surface area contributed by atoms with E-state index in [-0.39, 0.29) is 34.2 Å². The first-order chi connectivity index (χ1) is 17.4. The molecule has 3 heterocycles. The number of nitrogens with one attached hydrogen (secondary N) is 1. The molecule has 1 aromatic carbocycles. The standard InChI is InChI=1S/C27H37N5O4S/c1-17-15-21(33)24-22(17)25(29-16-28-24)31-11-13-32(14-12-31)26(34)23(20-9-10-27(2,3)30-20)18-5-7-19(8-6-18)37(4,35)36/h5-8,16-17,20-21,23,30,33H,9-15H2,1-4H3/t17-,20?,21-,23?/m1/s1. The molecule has 9 nitrogen and oxygen atoms in total. The fourth-order valence-electron chi connectivity index (χ4n) is 6.17. The molecule has 2 N–H and O–H groups in total. The van der Waals surface area contributed by atoms with E-state index in [1.165, 1.54) is 12.6 Å². The lowest BCUT2D eigenvalue weighted by atomic mass is 9.88. The molecule has 2 saturated heterocycles. The summed E-state index contributed by atoms with van der Waals surface area (Å²) in [6.07, 6.45) is 4.68. The molecule has 1 aliphatic carbocycles. The average Bonchev–Trinajstić information content (AvgIpc) is 3.36. The summed E-state index contributed by atoms with van der Waals surface area (Å²) in [5.41, 5.74) is 2.54. The number of anilines is 1. The van der Waals surface area contributed by atoms with Crippen molar-refractivity contribution < 1.29 is 18.3 Å². The normalized spacial score (nSPS) is 26.2. The molecule has 0 radical (unpaired) electrons. The summed E-state index contributed by atoms with van der Waals surface area (Å²) in [6.45, 7) is 8.85. The van der Waals surface area contributed by atoms with Crippen LogP contribution in [0, 0.1) is 0 Å². The van der Waals surface area contributed by atoms with Gasteiger partial charge in [-0.3, -0.25) is 4.79 Å². The maximum Gasteiger partial charge on any atom is 0.231 e. The summed E-state index contributed by atoms with van der Waals surface area (Å²) in [7, 11) is -3.31. The van der Waals surface area contributed by atoms with Crippen LogP contribution in [0.4, 0.5) is 5.82 Å². The van der Waals surface area contributed by atoms with Crippen LogP contribution in [0.2, 0.25) is 0 Å². The van der Waals surface area contributed by atoms with E-state index < -0.39 is 15.9 Å². The van der Waals surface area contributed by atoms with Crippen molar-refractivity contribution in [3.8, 4) is 0 Å². The van der Waals surface area contributed by atoms with Crippen LogP contribution in [-0.4, -0.2) is 78.3 Å². The summed E-state index contributed by atoms with van der Waals surface area (Å²) in [5, 5.41) is 14.0. The molecule has 2 aromatic rings. The van der Waals surface area contributed by atoms with E-state index in [4.69, 9.17) is 0 Å². The van der Waals surface area contributed by atoms with E-state index in [0.717, 1.165) is 35.5 Å². The second-order valence-electron chi connectivity index (χ2n) is 11.5. The summed E-state index contributed by atoms with van der Waals surface area (Å²) < 4.78 is 24.0. The second-order valence-corrected chi connectivity index (χ2v) is 13.5. The Bertz CT molecular complexity index is 1270. The molecule has 0 bridgehead atoms. The van der Waals surface area contributed by atoms with E-state index in [9.17, 15) is 18.3 Å². The van der Waals surface area contributed by atoms with Gasteiger partial charge in [0.15, 0.2) is 9.84 Å². The number of aliphatic hydroxyl groups is 1. The number of carbonyl (C=O) groups is 1. The Morgan fingerprint density at radius 1 is 1.14 bits per heavy atom. The number of carbonyl (C=O) groups excluding carboxylic acids is 1. The van der Waals surface area contributed by atoms with Crippen LogP contribution in [0.25, 0.3) is 0 Å². The fraction of sp³-hybridized carbons (Fsp3) is 0.593. The van der Waals surface area contributed by atoms with Crippen molar-refractivity contribution in [2.75, 3.05) is 37.3 Å². The lowest BCUT2D eigenvalue weighted by Crippen LogP contribution is -2.53. The molecule has 200 valence electrons. The predicted molar refractivity (Wildman–Crippen MR) is 141 cm³/mol. The van der Waals surface area contributed by atoms with Crippen LogP contribution in [0.1, 0.15) is 74.8 Å². The maximum absolute atomic E-state index is 14.0. The minimum Gasteiger partial charge on any atom is -0.387 e. The van der Waals surface area contributed by atoms with Gasteiger partial charge in [0.1, 0.15) is 12.1 Å². The van der Waals surface area contributed by atoms with Gasteiger partial charge in [-0.15, -0.1) is 0 Å². The first kappa shape index (κ1) is 26.1. The highest BCUT2D eigenvalue weighted by Crippen LogP contribution is 2.43. The number of hydrogen-bond donors (Lipinski definition) is 2. The number of benzene rings is 1. The minimum atomic E-state index is -3.31. The van der Waals surface area contributed by atoms with Gasteiger partial charge < -0.3 is 20.2 Å². The molecule has 1 amide bonds. The highest BCUT2D eigenvalue weighted by Gasteiger charge is 2.41. The van der Waals surface area contributed by atoms with Crippen LogP contribution >= 0.6 is 0 Å². The Hall–Kier alpha value is -2.56. The number of fused-ring (bicyclic) bond motifs is 1. The molecule has 1 aromatic heterocycles. The SMILES string of the molecule is C[C@@H]1C[C@@H](O)c2ncnc(N3CCN(C(=O)C(c4ccc(S(C)(=O)=O)cc4)C4CCC(C)(C)N4)CC3)c21. The van der Waals surface area contributed by atoms with Crippen molar-refractivity contribution in [2.24, 2.45) is 0 Å². The van der Waals surface area contributed by atoms with Crippen LogP contribution in [0.3, 0.4) is 0 Å². The Morgan fingerprint density at radius 2 is 1.81 bits per heavy atom. The van der Waals surface area contributed by atoms with Gasteiger partial charge in [-0.2, -0.15) is 0 Å². The molecule has 5 rings (SSSR count). The van der Waals surface area contributed by atoms with Gasteiger partial charge in [-0.1, -0.05) is 19.1 Å². The molecule has 0 spiro atoms. The molecule has 3 aliphatic rings. The van der Waals surface area contributed by atoms with Crippen molar-refractivity contribution in [1.29, 1.82) is 0 Å². The van der Waals surface area contributed by atoms with Crippen molar-refractivity contribution in [3.63, 3.8) is 0 Å². The maximum atomic E-state index is 14.0. The molecule has 0 saturated carbocycles. The topological polar surface area (TPSA) is 116 Å². The average molecular weight is 528 g/mol. The first-order valence-electron chi connectivity index (χ1n) is 13.1. The number of piperazine rings is 1. The number of aliphatic hydroxyl groups excluding tert-OH is 1. The second kappa shape index (κ2) is 9.63. The molecule has 2 aliphatic heterocycles. The largest absolute Gasteiger partial charge is 0.387 e. The quantitative estimate of drug-likeness (QED) is 0.609. The summed E-state index contributed by atoms with van der Waals surface area (Å²) in [4.78, 5) is 27.3. The van der Waals surface area contributed by atoms with Gasteiger partial charge in [0.25, 0.3) is 0 Å². The molecule has 2 unspecified atom stereocenters. The summed E-state index contributed by atoms with van der Waals surface area (Å²) >= 11 is 0. The van der Waals surface area contributed by atoms with Gasteiger partial charge in [-0.05, 0) is 56.7 Å². The van der Waals surface area contributed by atoms with E-state index in [0.29, 0.717) is 32.6 Å². The van der Waals surface area contributed by atoms with Crippen molar-refractivity contribution in [2.45, 2.75) is 74.4 Å². The Balaban J connectivity index is 1.36. The third kappa shape index (κ3) is 5.11. The smallest absolute Gasteiger partial charge is 0.231 e. The fourth-order valence-corrected chi connectivity index (χ4v) is 6.80. The van der Waals surface area contributed by atoms with Gasteiger partial charge in [0.2, 0.25) is 5.91 Å². The lowest BCUT2D eigenvalue weighted by molar-refractivity contribution is -0.133. The molecule has 37 heavy (non-hydrogen) atoms. The number of sulfone groups is 1. The number of rotatable bonds is 5. The zero-order valence-corrected chi connectivity index (χ0v) is 22.8. The third-order valence-corrected chi connectivity index (χ3v) is 9.29. The van der Waals surface area contributed by atoms with E-state index in [1.807, 2.05) is 4.90 Å². The molecule has 2 fully saturated rings. The number of nitrogens with zero attached hydrogens (tertiary/aromatic N) is 4. The van der Waals surface area contributed by atoms with Crippen molar-refractivity contribution >= 4 is 21.6 Å². The van der Waals surface area contributed by atoms with E-state index in [2.05, 4.69) is 41.0 Å². The van der Waals surface area contributed by atoms with Crippen LogP contribution < -0.4 is 10.2 Å². The van der Waals surface area contributed by atoms with Gasteiger partial charge >= 0.3 is 0 Å². The van der Waals surface area contributed by atoms with Crippen LogP contribution in [-0.2, 0) is 14.6 Å². The summed E-state index contributed by atoms with van der Waals surface area (Å²) in [6, 6.07) is 6.78.